The molecular formula is C37H54ClN2O3S+. The third kappa shape index (κ3) is 12.5. The van der Waals surface area contributed by atoms with E-state index in [-0.39, 0.29) is 18.0 Å². The van der Waals surface area contributed by atoms with Gasteiger partial charge < -0.3 is 4.74 Å². The molecule has 0 unspecified atom stereocenters. The molecule has 0 aliphatic rings. The molecular weight excluding hydrogens is 588 g/mol. The number of rotatable bonds is 22. The first-order chi connectivity index (χ1) is 21.3. The molecule has 0 aliphatic heterocycles. The van der Waals surface area contributed by atoms with E-state index in [0.717, 1.165) is 29.7 Å². The fourth-order valence-electron chi connectivity index (χ4n) is 5.43. The number of aromatic nitrogens is 1. The Morgan fingerprint density at radius 1 is 0.750 bits per heavy atom. The minimum Gasteiger partial charge on any atom is -0.492 e. The van der Waals surface area contributed by atoms with Crippen LogP contribution < -0.4 is 9.30 Å². The van der Waals surface area contributed by atoms with E-state index in [1.54, 1.807) is 12.1 Å². The summed E-state index contributed by atoms with van der Waals surface area (Å²) in [6, 6.07) is 18.4. The van der Waals surface area contributed by atoms with E-state index >= 15 is 0 Å². The average Bonchev–Trinajstić information content (AvgIpc) is 3.01. The molecule has 0 aliphatic carbocycles. The molecule has 1 aromatic heterocycles. The fraction of sp³-hybridized carbons (Fsp3) is 0.541. The molecule has 3 rings (SSSR count). The van der Waals surface area contributed by atoms with Crippen LogP contribution in [0.1, 0.15) is 114 Å². The number of hydrogen-bond acceptors (Lipinski definition) is 3. The summed E-state index contributed by atoms with van der Waals surface area (Å²) in [6.45, 7) is 5.29. The van der Waals surface area contributed by atoms with E-state index < -0.39 is 10.0 Å². The maximum atomic E-state index is 13.7. The van der Waals surface area contributed by atoms with Crippen LogP contribution >= 0.6 is 11.6 Å². The predicted octanol–water partition coefficient (Wildman–Crippen LogP) is 9.72. The van der Waals surface area contributed by atoms with Gasteiger partial charge in [-0.2, -0.15) is 4.31 Å². The summed E-state index contributed by atoms with van der Waals surface area (Å²) in [5.74, 6) is 0.646. The van der Waals surface area contributed by atoms with Crippen LogP contribution in [0.5, 0.6) is 5.75 Å². The molecule has 44 heavy (non-hydrogen) atoms. The molecule has 0 saturated carbocycles. The van der Waals surface area contributed by atoms with Crippen LogP contribution in [-0.2, 0) is 30.2 Å². The van der Waals surface area contributed by atoms with E-state index in [4.69, 9.17) is 16.3 Å². The second-order valence-corrected chi connectivity index (χ2v) is 14.4. The molecule has 3 aromatic rings. The Morgan fingerprint density at radius 3 is 1.91 bits per heavy atom. The Balaban J connectivity index is 1.44. The summed E-state index contributed by atoms with van der Waals surface area (Å²) < 4.78 is 36.9. The highest BCUT2D eigenvalue weighted by Crippen LogP contribution is 2.28. The molecule has 0 saturated heterocycles. The summed E-state index contributed by atoms with van der Waals surface area (Å²) in [5.41, 5.74) is 2.72. The van der Waals surface area contributed by atoms with Gasteiger partial charge in [0.15, 0.2) is 11.9 Å². The van der Waals surface area contributed by atoms with Gasteiger partial charge in [0.1, 0.15) is 12.8 Å². The Kier molecular flexibility index (Phi) is 16.3. The standard InChI is InChI=1S/C37H54ClN2O3S/c1-4-5-6-7-8-9-10-11-12-13-14-15-16-19-28-43-37-26-23-33(29-36(37)38)30-40(31-34-20-17-18-27-39(34)3)44(41,42)35-24-21-32(2)22-25-35/h17-18,20-27,29H,4-16,19,28,30-31H2,1-3H3/q+1. The van der Waals surface area contributed by atoms with Crippen LogP contribution in [0.2, 0.25) is 5.02 Å². The second kappa shape index (κ2) is 19.9. The quantitative estimate of drug-likeness (QED) is 0.0810. The van der Waals surface area contributed by atoms with Gasteiger partial charge >= 0.3 is 0 Å². The molecule has 0 radical (unpaired) electrons. The third-order valence-corrected chi connectivity index (χ3v) is 10.4. The number of ether oxygens (including phenoxy) is 1. The normalized spacial score (nSPS) is 11.8. The van der Waals surface area contributed by atoms with Crippen LogP contribution in [0.15, 0.2) is 71.8 Å². The van der Waals surface area contributed by atoms with Crippen molar-refractivity contribution < 1.29 is 17.7 Å². The number of nitrogens with zero attached hydrogens (tertiary/aromatic N) is 2. The summed E-state index contributed by atoms with van der Waals surface area (Å²) in [4.78, 5) is 0.279. The van der Waals surface area contributed by atoms with Gasteiger partial charge in [-0.3, -0.25) is 0 Å². The summed E-state index contributed by atoms with van der Waals surface area (Å²) in [5, 5.41) is 0.505. The smallest absolute Gasteiger partial charge is 0.243 e. The number of unbranched alkanes of at least 4 members (excludes halogenated alkanes) is 13. The highest BCUT2D eigenvalue weighted by molar-refractivity contribution is 7.89. The number of aryl methyl sites for hydroxylation is 2. The van der Waals surface area contributed by atoms with E-state index in [2.05, 4.69) is 6.92 Å². The molecule has 7 heteroatoms. The molecule has 0 spiro atoms. The fourth-order valence-corrected chi connectivity index (χ4v) is 7.09. The first kappa shape index (κ1) is 36.1. The topological polar surface area (TPSA) is 50.5 Å². The van der Waals surface area contributed by atoms with Crippen molar-refractivity contribution in [2.45, 2.75) is 122 Å². The largest absolute Gasteiger partial charge is 0.492 e. The van der Waals surface area contributed by atoms with Crippen molar-refractivity contribution in [1.29, 1.82) is 0 Å². The van der Waals surface area contributed by atoms with E-state index in [9.17, 15) is 8.42 Å². The van der Waals surface area contributed by atoms with Crippen molar-refractivity contribution in [3.63, 3.8) is 0 Å². The average molecular weight is 642 g/mol. The van der Waals surface area contributed by atoms with E-state index in [1.807, 2.05) is 73.3 Å². The number of halogens is 1. The Hall–Kier alpha value is -2.41. The summed E-state index contributed by atoms with van der Waals surface area (Å²) >= 11 is 6.61. The van der Waals surface area contributed by atoms with Crippen LogP contribution in [0.3, 0.4) is 0 Å². The lowest BCUT2D eigenvalue weighted by atomic mass is 10.0. The lowest BCUT2D eigenvalue weighted by molar-refractivity contribution is -0.680. The molecule has 242 valence electrons. The lowest BCUT2D eigenvalue weighted by Crippen LogP contribution is -2.39. The molecule has 1 heterocycles. The van der Waals surface area contributed by atoms with Gasteiger partial charge in [-0.1, -0.05) is 132 Å². The number of hydrogen-bond donors (Lipinski definition) is 0. The zero-order chi connectivity index (χ0) is 31.6. The molecule has 2 aromatic carbocycles. The first-order valence-corrected chi connectivity index (χ1v) is 18.5. The minimum absolute atomic E-state index is 0.198. The van der Waals surface area contributed by atoms with Crippen molar-refractivity contribution in [3.8, 4) is 5.75 Å². The van der Waals surface area contributed by atoms with Crippen LogP contribution in [-0.4, -0.2) is 19.3 Å². The third-order valence-electron chi connectivity index (χ3n) is 8.27. The molecule has 0 atom stereocenters. The Morgan fingerprint density at radius 2 is 1.34 bits per heavy atom. The van der Waals surface area contributed by atoms with Crippen LogP contribution in [0.25, 0.3) is 0 Å². The maximum absolute atomic E-state index is 13.7. The molecule has 0 bridgehead atoms. The second-order valence-electron chi connectivity index (χ2n) is 12.1. The van der Waals surface area contributed by atoms with Gasteiger partial charge in [0, 0.05) is 18.7 Å². The van der Waals surface area contributed by atoms with Crippen molar-refractivity contribution in [3.05, 3.63) is 88.7 Å². The first-order valence-electron chi connectivity index (χ1n) is 16.7. The highest BCUT2D eigenvalue weighted by atomic mass is 35.5. The lowest BCUT2D eigenvalue weighted by Gasteiger charge is -2.22. The van der Waals surface area contributed by atoms with Gasteiger partial charge in [0.05, 0.1) is 23.1 Å². The van der Waals surface area contributed by atoms with Crippen molar-refractivity contribution in [2.75, 3.05) is 6.61 Å². The van der Waals surface area contributed by atoms with Crippen molar-refractivity contribution in [2.24, 2.45) is 7.05 Å². The van der Waals surface area contributed by atoms with Crippen LogP contribution in [0, 0.1) is 6.92 Å². The number of sulfonamides is 1. The highest BCUT2D eigenvalue weighted by Gasteiger charge is 2.27. The van der Waals surface area contributed by atoms with Gasteiger partial charge in [-0.15, -0.1) is 0 Å². The SMILES string of the molecule is CCCCCCCCCCCCCCCCOc1ccc(CN(Cc2cccc[n+]2C)S(=O)(=O)c2ccc(C)cc2)cc1Cl. The van der Waals surface area contributed by atoms with Gasteiger partial charge in [-0.05, 0) is 43.2 Å². The van der Waals surface area contributed by atoms with E-state index in [0.29, 0.717) is 17.4 Å². The monoisotopic (exact) mass is 641 g/mol. The Bertz CT molecular complexity index is 1350. The van der Waals surface area contributed by atoms with Gasteiger partial charge in [0.25, 0.3) is 0 Å². The number of benzene rings is 2. The number of pyridine rings is 1. The maximum Gasteiger partial charge on any atom is 0.243 e. The van der Waals surface area contributed by atoms with Gasteiger partial charge in [-0.25, -0.2) is 13.0 Å². The van der Waals surface area contributed by atoms with Crippen LogP contribution in [0.4, 0.5) is 0 Å². The Labute approximate surface area is 272 Å². The van der Waals surface area contributed by atoms with E-state index in [1.165, 1.54) is 81.4 Å². The van der Waals surface area contributed by atoms with Crippen molar-refractivity contribution in [1.82, 2.24) is 4.31 Å². The predicted molar refractivity (Wildman–Crippen MR) is 182 cm³/mol. The van der Waals surface area contributed by atoms with Gasteiger partial charge in [0.2, 0.25) is 10.0 Å². The summed E-state index contributed by atoms with van der Waals surface area (Å²) in [6.07, 6.45) is 20.5. The molecule has 0 amide bonds. The minimum atomic E-state index is -3.75. The van der Waals surface area contributed by atoms with Crippen molar-refractivity contribution >= 4 is 21.6 Å². The zero-order valence-electron chi connectivity index (χ0n) is 27.3. The summed E-state index contributed by atoms with van der Waals surface area (Å²) in [7, 11) is -1.82. The molecule has 5 nitrogen and oxygen atoms in total. The molecule has 0 N–H and O–H groups in total. The molecule has 0 fully saturated rings. The zero-order valence-corrected chi connectivity index (χ0v) is 28.8.